The van der Waals surface area contributed by atoms with Gasteiger partial charge in [-0.15, -0.1) is 0 Å². The summed E-state index contributed by atoms with van der Waals surface area (Å²) in [5.74, 6) is 0.520. The van der Waals surface area contributed by atoms with Crippen molar-refractivity contribution in [1.29, 1.82) is 0 Å². The van der Waals surface area contributed by atoms with Crippen LogP contribution in [0, 0.1) is 5.41 Å². The molecule has 6 rings (SSSR count). The SMILES string of the molecule is CC(C)(O)C12CC(NC(=O)c3cnc4cc(C5CC5)ncc4c3)(C1)C2. The van der Waals surface area contributed by atoms with Crippen LogP contribution in [0.5, 0.6) is 0 Å². The van der Waals surface area contributed by atoms with Gasteiger partial charge in [-0.1, -0.05) is 0 Å². The van der Waals surface area contributed by atoms with Crippen molar-refractivity contribution in [2.24, 2.45) is 5.41 Å². The monoisotopic (exact) mass is 337 g/mol. The molecule has 4 aliphatic rings. The number of carbonyl (C=O) groups is 1. The number of nitrogens with zero attached hydrogens (tertiary/aromatic N) is 2. The maximum atomic E-state index is 12.6. The highest BCUT2D eigenvalue weighted by Crippen LogP contribution is 2.71. The molecule has 4 saturated carbocycles. The van der Waals surface area contributed by atoms with Crippen molar-refractivity contribution in [3.05, 3.63) is 35.8 Å². The van der Waals surface area contributed by atoms with Crippen LogP contribution in [-0.4, -0.2) is 32.1 Å². The normalized spacial score (nSPS) is 30.5. The lowest BCUT2D eigenvalue weighted by Crippen LogP contribution is -2.79. The average Bonchev–Trinajstić information content (AvgIpc) is 3.31. The van der Waals surface area contributed by atoms with Crippen molar-refractivity contribution in [2.45, 2.75) is 63.0 Å². The molecule has 25 heavy (non-hydrogen) atoms. The van der Waals surface area contributed by atoms with Gasteiger partial charge in [-0.3, -0.25) is 14.8 Å². The van der Waals surface area contributed by atoms with Gasteiger partial charge < -0.3 is 10.4 Å². The molecule has 5 heteroatoms. The second kappa shape index (κ2) is 4.58. The standard InChI is InChI=1S/C20H23N3O2/c1-18(2,25)19-9-20(10-19,11-19)23-17(24)14-5-13-7-21-15(12-3-4-12)6-16(13)22-8-14/h5-8,12,25H,3-4,9-11H2,1-2H3,(H,23,24). The van der Waals surface area contributed by atoms with Gasteiger partial charge in [0.1, 0.15) is 0 Å². The number of amides is 1. The Kier molecular flexibility index (Phi) is 2.80. The summed E-state index contributed by atoms with van der Waals surface area (Å²) >= 11 is 0. The van der Waals surface area contributed by atoms with E-state index in [2.05, 4.69) is 15.3 Å². The third-order valence-corrected chi connectivity index (χ3v) is 6.55. The molecule has 0 spiro atoms. The Morgan fingerprint density at radius 3 is 2.56 bits per heavy atom. The highest BCUT2D eigenvalue weighted by Gasteiger charge is 2.73. The maximum absolute atomic E-state index is 12.6. The van der Waals surface area contributed by atoms with Crippen molar-refractivity contribution in [2.75, 3.05) is 0 Å². The summed E-state index contributed by atoms with van der Waals surface area (Å²) < 4.78 is 0. The van der Waals surface area contributed by atoms with E-state index in [1.54, 1.807) is 6.20 Å². The highest BCUT2D eigenvalue weighted by atomic mass is 16.3. The zero-order valence-electron chi connectivity index (χ0n) is 14.7. The molecule has 0 aromatic carbocycles. The summed E-state index contributed by atoms with van der Waals surface area (Å²) in [5.41, 5.74) is 1.79. The molecule has 2 bridgehead atoms. The third kappa shape index (κ3) is 2.21. The van der Waals surface area contributed by atoms with Crippen LogP contribution in [0.1, 0.15) is 67.9 Å². The molecular weight excluding hydrogens is 314 g/mol. The quantitative estimate of drug-likeness (QED) is 0.899. The predicted molar refractivity (Wildman–Crippen MR) is 94.3 cm³/mol. The fourth-order valence-electron chi connectivity index (χ4n) is 4.65. The van der Waals surface area contributed by atoms with Crippen LogP contribution >= 0.6 is 0 Å². The van der Waals surface area contributed by atoms with Gasteiger partial charge in [0.25, 0.3) is 5.91 Å². The van der Waals surface area contributed by atoms with E-state index in [1.807, 2.05) is 32.2 Å². The molecule has 4 fully saturated rings. The number of rotatable bonds is 4. The number of fused-ring (bicyclic) bond motifs is 1. The summed E-state index contributed by atoms with van der Waals surface area (Å²) in [5, 5.41) is 14.3. The zero-order valence-corrected chi connectivity index (χ0v) is 14.7. The molecule has 4 aliphatic carbocycles. The van der Waals surface area contributed by atoms with Crippen LogP contribution < -0.4 is 5.32 Å². The number of aliphatic hydroxyl groups is 1. The van der Waals surface area contributed by atoms with E-state index in [0.29, 0.717) is 11.5 Å². The Hall–Kier alpha value is -2.01. The highest BCUT2D eigenvalue weighted by molar-refractivity contribution is 5.97. The van der Waals surface area contributed by atoms with Crippen molar-refractivity contribution in [3.8, 4) is 0 Å². The fourth-order valence-corrected chi connectivity index (χ4v) is 4.65. The number of carbonyl (C=O) groups excluding carboxylic acids is 1. The second-order valence-electron chi connectivity index (χ2n) is 8.90. The van der Waals surface area contributed by atoms with Crippen LogP contribution in [0.4, 0.5) is 0 Å². The lowest BCUT2D eigenvalue weighted by molar-refractivity contribution is -0.247. The van der Waals surface area contributed by atoms with Crippen LogP contribution in [0.25, 0.3) is 10.9 Å². The fraction of sp³-hybridized carbons (Fsp3) is 0.550. The van der Waals surface area contributed by atoms with Crippen LogP contribution in [0.15, 0.2) is 24.5 Å². The number of aromatic nitrogens is 2. The minimum atomic E-state index is -0.672. The van der Waals surface area contributed by atoms with E-state index in [-0.39, 0.29) is 16.9 Å². The zero-order chi connectivity index (χ0) is 17.4. The van der Waals surface area contributed by atoms with E-state index in [0.717, 1.165) is 35.9 Å². The molecule has 2 heterocycles. The molecule has 1 amide bonds. The summed E-state index contributed by atoms with van der Waals surface area (Å²) in [6.07, 6.45) is 8.51. The van der Waals surface area contributed by atoms with E-state index >= 15 is 0 Å². The molecule has 0 radical (unpaired) electrons. The van der Waals surface area contributed by atoms with Gasteiger partial charge in [0.2, 0.25) is 0 Å². The Labute approximate surface area is 146 Å². The Balaban J connectivity index is 1.32. The van der Waals surface area contributed by atoms with Gasteiger partial charge in [-0.05, 0) is 58.1 Å². The molecule has 2 aromatic rings. The molecule has 0 saturated heterocycles. The smallest absolute Gasteiger partial charge is 0.253 e. The molecule has 130 valence electrons. The summed E-state index contributed by atoms with van der Waals surface area (Å²) in [4.78, 5) is 21.6. The van der Waals surface area contributed by atoms with Gasteiger partial charge in [0, 0.05) is 40.3 Å². The van der Waals surface area contributed by atoms with Crippen LogP contribution in [0.3, 0.4) is 0 Å². The van der Waals surface area contributed by atoms with Crippen LogP contribution in [-0.2, 0) is 0 Å². The molecular formula is C20H23N3O2. The Morgan fingerprint density at radius 2 is 1.92 bits per heavy atom. The largest absolute Gasteiger partial charge is 0.390 e. The molecule has 5 nitrogen and oxygen atoms in total. The third-order valence-electron chi connectivity index (χ3n) is 6.55. The van der Waals surface area contributed by atoms with Crippen LogP contribution in [0.2, 0.25) is 0 Å². The van der Waals surface area contributed by atoms with Gasteiger partial charge in [0.05, 0.1) is 16.7 Å². The topological polar surface area (TPSA) is 75.1 Å². The summed E-state index contributed by atoms with van der Waals surface area (Å²) in [6, 6.07) is 3.92. The number of hydrogen-bond acceptors (Lipinski definition) is 4. The first-order chi connectivity index (χ1) is 11.8. The second-order valence-corrected chi connectivity index (χ2v) is 8.90. The van der Waals surface area contributed by atoms with Gasteiger partial charge in [-0.2, -0.15) is 0 Å². The molecule has 0 unspecified atom stereocenters. The summed E-state index contributed by atoms with van der Waals surface area (Å²) in [7, 11) is 0. The predicted octanol–water partition coefficient (Wildman–Crippen LogP) is 2.93. The molecule has 0 atom stereocenters. The van der Waals surface area contributed by atoms with Crippen molar-refractivity contribution in [3.63, 3.8) is 0 Å². The first-order valence-corrected chi connectivity index (χ1v) is 9.10. The van der Waals surface area contributed by atoms with E-state index in [9.17, 15) is 9.90 Å². The maximum Gasteiger partial charge on any atom is 0.253 e. The number of nitrogens with one attached hydrogen (secondary N) is 1. The first kappa shape index (κ1) is 15.3. The van der Waals surface area contributed by atoms with Crippen molar-refractivity contribution >= 4 is 16.8 Å². The molecule has 2 aromatic heterocycles. The van der Waals surface area contributed by atoms with Gasteiger partial charge in [-0.25, -0.2) is 0 Å². The summed E-state index contributed by atoms with van der Waals surface area (Å²) in [6.45, 7) is 3.74. The minimum absolute atomic E-state index is 0.00888. The molecule has 2 N–H and O–H groups in total. The van der Waals surface area contributed by atoms with Gasteiger partial charge in [0.15, 0.2) is 0 Å². The lowest BCUT2D eigenvalue weighted by Gasteiger charge is -2.74. The number of pyridine rings is 2. The molecule has 0 aliphatic heterocycles. The minimum Gasteiger partial charge on any atom is -0.390 e. The van der Waals surface area contributed by atoms with E-state index in [4.69, 9.17) is 0 Å². The lowest BCUT2D eigenvalue weighted by atomic mass is 9.35. The van der Waals surface area contributed by atoms with Gasteiger partial charge >= 0.3 is 0 Å². The average molecular weight is 337 g/mol. The first-order valence-electron chi connectivity index (χ1n) is 9.10. The van der Waals surface area contributed by atoms with Crippen molar-refractivity contribution < 1.29 is 9.90 Å². The van der Waals surface area contributed by atoms with E-state index < -0.39 is 5.60 Å². The Bertz CT molecular complexity index is 876. The van der Waals surface area contributed by atoms with Crippen molar-refractivity contribution in [1.82, 2.24) is 15.3 Å². The van der Waals surface area contributed by atoms with E-state index in [1.165, 1.54) is 12.8 Å². The Morgan fingerprint density at radius 1 is 1.20 bits per heavy atom. The number of hydrogen-bond donors (Lipinski definition) is 2.